The van der Waals surface area contributed by atoms with Crippen LogP contribution in [-0.2, 0) is 17.1 Å². The van der Waals surface area contributed by atoms with Gasteiger partial charge in [0.2, 0.25) is 17.8 Å². The summed E-state index contributed by atoms with van der Waals surface area (Å²) in [7, 11) is 3.63. The van der Waals surface area contributed by atoms with Gasteiger partial charge in [-0.25, -0.2) is 4.39 Å². The summed E-state index contributed by atoms with van der Waals surface area (Å²) >= 11 is 1.38. The van der Waals surface area contributed by atoms with Crippen LogP contribution in [0.1, 0.15) is 11.4 Å². The fourth-order valence-electron chi connectivity index (χ4n) is 1.78. The van der Waals surface area contributed by atoms with Gasteiger partial charge in [0.15, 0.2) is 0 Å². The number of amides is 1. The van der Waals surface area contributed by atoms with E-state index in [0.29, 0.717) is 24.1 Å². The van der Waals surface area contributed by atoms with Crippen molar-refractivity contribution in [3.8, 4) is 0 Å². The second-order valence-electron chi connectivity index (χ2n) is 5.20. The van der Waals surface area contributed by atoms with Crippen molar-refractivity contribution in [2.45, 2.75) is 12.3 Å². The molecule has 7 nitrogen and oxygen atoms in total. The smallest absolute Gasteiger partial charge is 0.230 e. The van der Waals surface area contributed by atoms with Crippen molar-refractivity contribution in [1.82, 2.24) is 20.3 Å². The van der Waals surface area contributed by atoms with Gasteiger partial charge in [-0.05, 0) is 17.7 Å². The summed E-state index contributed by atoms with van der Waals surface area (Å²) in [6.07, 6.45) is 0. The van der Waals surface area contributed by atoms with E-state index < -0.39 is 0 Å². The lowest BCUT2D eigenvalue weighted by atomic mass is 10.2. The fraction of sp³-hybridized carbons (Fsp3) is 0.333. The van der Waals surface area contributed by atoms with Gasteiger partial charge in [-0.2, -0.15) is 15.0 Å². The fourth-order valence-corrected chi connectivity index (χ4v) is 2.48. The molecule has 3 N–H and O–H groups in total. The molecule has 0 saturated heterocycles. The van der Waals surface area contributed by atoms with E-state index in [1.807, 2.05) is 14.1 Å². The summed E-state index contributed by atoms with van der Waals surface area (Å²) in [4.78, 5) is 25.9. The van der Waals surface area contributed by atoms with Gasteiger partial charge in [-0.3, -0.25) is 4.79 Å². The van der Waals surface area contributed by atoms with Crippen LogP contribution in [0.25, 0.3) is 0 Å². The molecule has 1 aromatic carbocycles. The molecule has 0 spiro atoms. The molecule has 0 saturated carbocycles. The van der Waals surface area contributed by atoms with Crippen LogP contribution in [0.5, 0.6) is 0 Å². The highest BCUT2D eigenvalue weighted by molar-refractivity contribution is 7.99. The Balaban J connectivity index is 1.77. The quantitative estimate of drug-likeness (QED) is 0.774. The Morgan fingerprint density at radius 3 is 2.62 bits per heavy atom. The standard InChI is InChI=1S/C15H19FN6OS/c1-22(2)15-20-12(19-14(17)21-15)8-24-9-13(23)18-7-10-3-5-11(16)6-4-10/h3-6H,7-9H2,1-2H3,(H,18,23)(H2,17,19,20,21). The Hall–Kier alpha value is -2.42. The van der Waals surface area contributed by atoms with Crippen molar-refractivity contribution < 1.29 is 9.18 Å². The second-order valence-corrected chi connectivity index (χ2v) is 6.19. The summed E-state index contributed by atoms with van der Waals surface area (Å²) in [5.74, 6) is 1.49. The van der Waals surface area contributed by atoms with E-state index in [4.69, 9.17) is 5.73 Å². The second kappa shape index (κ2) is 8.44. The number of hydrogen-bond acceptors (Lipinski definition) is 7. The molecule has 0 aliphatic heterocycles. The van der Waals surface area contributed by atoms with Crippen LogP contribution >= 0.6 is 11.8 Å². The number of thioether (sulfide) groups is 1. The van der Waals surface area contributed by atoms with Gasteiger partial charge in [-0.1, -0.05) is 12.1 Å². The average molecular weight is 350 g/mol. The van der Waals surface area contributed by atoms with Crippen molar-refractivity contribution in [3.63, 3.8) is 0 Å². The van der Waals surface area contributed by atoms with Gasteiger partial charge in [0.25, 0.3) is 0 Å². The predicted molar refractivity (Wildman–Crippen MR) is 93.0 cm³/mol. The highest BCUT2D eigenvalue weighted by atomic mass is 32.2. The first-order valence-electron chi connectivity index (χ1n) is 7.20. The largest absolute Gasteiger partial charge is 0.368 e. The van der Waals surface area contributed by atoms with Crippen LogP contribution in [0.4, 0.5) is 16.3 Å². The first-order valence-corrected chi connectivity index (χ1v) is 8.36. The molecule has 0 aliphatic carbocycles. The van der Waals surface area contributed by atoms with Crippen LogP contribution in [0.3, 0.4) is 0 Å². The number of carbonyl (C=O) groups excluding carboxylic acids is 1. The van der Waals surface area contributed by atoms with E-state index in [1.54, 1.807) is 17.0 Å². The van der Waals surface area contributed by atoms with Crippen LogP contribution < -0.4 is 16.0 Å². The van der Waals surface area contributed by atoms with Crippen LogP contribution in [0.15, 0.2) is 24.3 Å². The van der Waals surface area contributed by atoms with Crippen molar-refractivity contribution in [2.75, 3.05) is 30.5 Å². The van der Waals surface area contributed by atoms with Gasteiger partial charge in [-0.15, -0.1) is 11.8 Å². The third-order valence-corrected chi connectivity index (χ3v) is 3.88. The number of hydrogen-bond donors (Lipinski definition) is 2. The highest BCUT2D eigenvalue weighted by Crippen LogP contribution is 2.12. The topological polar surface area (TPSA) is 97.0 Å². The maximum atomic E-state index is 12.8. The maximum absolute atomic E-state index is 12.8. The normalized spacial score (nSPS) is 10.5. The molecule has 0 bridgehead atoms. The molecule has 128 valence electrons. The van der Waals surface area contributed by atoms with Crippen LogP contribution in [0.2, 0.25) is 0 Å². The van der Waals surface area contributed by atoms with Gasteiger partial charge in [0, 0.05) is 20.6 Å². The Labute approximate surface area is 143 Å². The van der Waals surface area contributed by atoms with E-state index in [9.17, 15) is 9.18 Å². The van der Waals surface area contributed by atoms with E-state index in [-0.39, 0.29) is 23.4 Å². The molecule has 24 heavy (non-hydrogen) atoms. The lowest BCUT2D eigenvalue weighted by molar-refractivity contribution is -0.118. The van der Waals surface area contributed by atoms with Gasteiger partial charge in [0.1, 0.15) is 11.6 Å². The summed E-state index contributed by atoms with van der Waals surface area (Å²) in [5.41, 5.74) is 6.49. The van der Waals surface area contributed by atoms with Gasteiger partial charge >= 0.3 is 0 Å². The molecule has 1 heterocycles. The molecule has 0 aliphatic rings. The molecule has 0 unspecified atom stereocenters. The summed E-state index contributed by atoms with van der Waals surface area (Å²) < 4.78 is 12.8. The SMILES string of the molecule is CN(C)c1nc(N)nc(CSCC(=O)NCc2ccc(F)cc2)n1. The average Bonchev–Trinajstić information content (AvgIpc) is 2.54. The van der Waals surface area contributed by atoms with Crippen molar-refractivity contribution in [2.24, 2.45) is 0 Å². The number of nitrogen functional groups attached to an aromatic ring is 1. The number of halogens is 1. The molecule has 1 aromatic heterocycles. The molecule has 2 rings (SSSR count). The van der Waals surface area contributed by atoms with Crippen LogP contribution in [0, 0.1) is 5.82 Å². The van der Waals surface area contributed by atoms with E-state index >= 15 is 0 Å². The Morgan fingerprint density at radius 1 is 1.25 bits per heavy atom. The van der Waals surface area contributed by atoms with Crippen molar-refractivity contribution in [3.05, 3.63) is 41.5 Å². The maximum Gasteiger partial charge on any atom is 0.230 e. The number of nitrogens with one attached hydrogen (secondary N) is 1. The third kappa shape index (κ3) is 5.65. The number of aromatic nitrogens is 3. The predicted octanol–water partition coefficient (Wildman–Crippen LogP) is 1.21. The van der Waals surface area contributed by atoms with Crippen molar-refractivity contribution in [1.29, 1.82) is 0 Å². The van der Waals surface area contributed by atoms with E-state index in [0.717, 1.165) is 5.56 Å². The van der Waals surface area contributed by atoms with E-state index in [1.165, 1.54) is 23.9 Å². The molecule has 1 amide bonds. The zero-order chi connectivity index (χ0) is 17.5. The Kier molecular flexibility index (Phi) is 6.30. The summed E-state index contributed by atoms with van der Waals surface area (Å²) in [5, 5.41) is 2.78. The third-order valence-electron chi connectivity index (χ3n) is 2.95. The molecule has 0 radical (unpaired) electrons. The molecule has 0 fully saturated rings. The molecular formula is C15H19FN6OS. The minimum atomic E-state index is -0.297. The minimum Gasteiger partial charge on any atom is -0.368 e. The number of carbonyl (C=O) groups is 1. The Bertz CT molecular complexity index is 695. The highest BCUT2D eigenvalue weighted by Gasteiger charge is 2.08. The van der Waals surface area contributed by atoms with Crippen molar-refractivity contribution >= 4 is 29.6 Å². The number of nitrogens with two attached hydrogens (primary N) is 1. The zero-order valence-electron chi connectivity index (χ0n) is 13.5. The number of benzene rings is 1. The molecule has 9 heteroatoms. The zero-order valence-corrected chi connectivity index (χ0v) is 14.3. The minimum absolute atomic E-state index is 0.112. The first kappa shape index (κ1) is 17.9. The monoisotopic (exact) mass is 350 g/mol. The summed E-state index contributed by atoms with van der Waals surface area (Å²) in [6.45, 7) is 0.364. The molecule has 0 atom stereocenters. The molecule has 2 aromatic rings. The lowest BCUT2D eigenvalue weighted by Gasteiger charge is -2.11. The van der Waals surface area contributed by atoms with E-state index in [2.05, 4.69) is 20.3 Å². The Morgan fingerprint density at radius 2 is 1.96 bits per heavy atom. The summed E-state index contributed by atoms with van der Waals surface area (Å²) in [6, 6.07) is 6.01. The van der Waals surface area contributed by atoms with Gasteiger partial charge < -0.3 is 16.0 Å². The number of anilines is 2. The number of nitrogens with zero attached hydrogens (tertiary/aromatic N) is 4. The first-order chi connectivity index (χ1) is 11.4. The van der Waals surface area contributed by atoms with Gasteiger partial charge in [0.05, 0.1) is 11.5 Å². The lowest BCUT2D eigenvalue weighted by Crippen LogP contribution is -2.24. The van der Waals surface area contributed by atoms with Crippen LogP contribution in [-0.4, -0.2) is 40.7 Å². The number of rotatable bonds is 7. The molecular weight excluding hydrogens is 331 g/mol.